The Balaban J connectivity index is 1.81. The Kier molecular flexibility index (Phi) is 1.97. The average Bonchev–Trinajstić information content (AvgIpc) is 2.91. The third-order valence-corrected chi connectivity index (χ3v) is 3.36. The van der Waals surface area contributed by atoms with Gasteiger partial charge in [-0.3, -0.25) is 10.2 Å². The van der Waals surface area contributed by atoms with E-state index in [0.29, 0.717) is 6.17 Å². The summed E-state index contributed by atoms with van der Waals surface area (Å²) in [7, 11) is 4.15. The summed E-state index contributed by atoms with van der Waals surface area (Å²) in [5.74, 6) is 0. The summed E-state index contributed by atoms with van der Waals surface area (Å²) in [5, 5.41) is 3.53. The van der Waals surface area contributed by atoms with Crippen molar-refractivity contribution in [1.82, 2.24) is 10.2 Å². The SMILES string of the molecule is CN(C)c1ccc(C2NCC3CN32)cc1. The van der Waals surface area contributed by atoms with Crippen LogP contribution < -0.4 is 10.2 Å². The van der Waals surface area contributed by atoms with Crippen LogP contribution in [0.1, 0.15) is 11.7 Å². The highest BCUT2D eigenvalue weighted by Crippen LogP contribution is 2.35. The molecule has 3 heteroatoms. The van der Waals surface area contributed by atoms with Gasteiger partial charge in [0, 0.05) is 38.9 Å². The molecule has 0 radical (unpaired) electrons. The molecule has 0 aromatic heterocycles. The van der Waals surface area contributed by atoms with E-state index >= 15 is 0 Å². The van der Waals surface area contributed by atoms with E-state index in [1.807, 2.05) is 0 Å². The van der Waals surface area contributed by atoms with E-state index in [4.69, 9.17) is 0 Å². The van der Waals surface area contributed by atoms with E-state index in [9.17, 15) is 0 Å². The Morgan fingerprint density at radius 2 is 2.00 bits per heavy atom. The predicted molar refractivity (Wildman–Crippen MR) is 62.0 cm³/mol. The Morgan fingerprint density at radius 3 is 2.47 bits per heavy atom. The summed E-state index contributed by atoms with van der Waals surface area (Å²) in [6, 6.07) is 9.65. The first-order valence-corrected chi connectivity index (χ1v) is 5.52. The van der Waals surface area contributed by atoms with Crippen LogP contribution >= 0.6 is 0 Å². The molecule has 2 aliphatic rings. The van der Waals surface area contributed by atoms with E-state index in [2.05, 4.69) is 53.5 Å². The van der Waals surface area contributed by atoms with Gasteiger partial charge in [0.05, 0.1) is 6.17 Å². The van der Waals surface area contributed by atoms with Gasteiger partial charge in [-0.2, -0.15) is 0 Å². The van der Waals surface area contributed by atoms with Crippen molar-refractivity contribution in [1.29, 1.82) is 0 Å². The van der Waals surface area contributed by atoms with Crippen LogP contribution in [-0.4, -0.2) is 38.1 Å². The summed E-state index contributed by atoms with van der Waals surface area (Å²) >= 11 is 0. The highest BCUT2D eigenvalue weighted by molar-refractivity contribution is 5.46. The van der Waals surface area contributed by atoms with Crippen molar-refractivity contribution in [3.05, 3.63) is 29.8 Å². The van der Waals surface area contributed by atoms with Crippen molar-refractivity contribution >= 4 is 5.69 Å². The lowest BCUT2D eigenvalue weighted by atomic mass is 10.1. The van der Waals surface area contributed by atoms with Gasteiger partial charge in [0.15, 0.2) is 0 Å². The topological polar surface area (TPSA) is 18.3 Å². The van der Waals surface area contributed by atoms with Gasteiger partial charge in [-0.05, 0) is 17.7 Å². The molecule has 1 N–H and O–H groups in total. The molecular formula is C12H17N3. The first-order valence-electron chi connectivity index (χ1n) is 5.52. The van der Waals surface area contributed by atoms with Gasteiger partial charge in [-0.25, -0.2) is 0 Å². The molecule has 3 nitrogen and oxygen atoms in total. The molecular weight excluding hydrogens is 186 g/mol. The Hall–Kier alpha value is -1.06. The molecule has 2 aliphatic heterocycles. The molecule has 0 aliphatic carbocycles. The molecule has 1 aromatic rings. The zero-order chi connectivity index (χ0) is 10.4. The van der Waals surface area contributed by atoms with Crippen molar-refractivity contribution in [2.75, 3.05) is 32.1 Å². The highest BCUT2D eigenvalue weighted by Gasteiger charge is 2.45. The minimum atomic E-state index is 0.464. The number of hydrogen-bond acceptors (Lipinski definition) is 3. The number of rotatable bonds is 2. The lowest BCUT2D eigenvalue weighted by molar-refractivity contribution is 0.404. The Bertz CT molecular complexity index is 358. The molecule has 15 heavy (non-hydrogen) atoms. The minimum Gasteiger partial charge on any atom is -0.378 e. The maximum atomic E-state index is 3.53. The first-order chi connectivity index (χ1) is 7.25. The zero-order valence-corrected chi connectivity index (χ0v) is 9.27. The van der Waals surface area contributed by atoms with Crippen molar-refractivity contribution in [2.24, 2.45) is 0 Å². The number of benzene rings is 1. The Morgan fingerprint density at radius 1 is 1.27 bits per heavy atom. The molecule has 0 spiro atoms. The summed E-state index contributed by atoms with van der Waals surface area (Å²) < 4.78 is 0. The molecule has 3 unspecified atom stereocenters. The third-order valence-electron chi connectivity index (χ3n) is 3.36. The van der Waals surface area contributed by atoms with Gasteiger partial charge in [0.2, 0.25) is 0 Å². The molecule has 2 saturated heterocycles. The highest BCUT2D eigenvalue weighted by atomic mass is 15.5. The molecule has 80 valence electrons. The number of nitrogens with one attached hydrogen (secondary N) is 1. The van der Waals surface area contributed by atoms with Crippen LogP contribution in [0.25, 0.3) is 0 Å². The van der Waals surface area contributed by atoms with Crippen LogP contribution in [0, 0.1) is 0 Å². The summed E-state index contributed by atoms with van der Waals surface area (Å²) in [6.45, 7) is 2.42. The van der Waals surface area contributed by atoms with Gasteiger partial charge in [-0.1, -0.05) is 12.1 Å². The van der Waals surface area contributed by atoms with Crippen LogP contribution in [-0.2, 0) is 0 Å². The standard InChI is InChI=1S/C12H17N3/c1-14(2)10-5-3-9(4-6-10)12-13-7-11-8-15(11)12/h3-6,11-13H,7-8H2,1-2H3. The number of nitrogens with zero attached hydrogens (tertiary/aromatic N) is 2. The quantitative estimate of drug-likeness (QED) is 0.724. The van der Waals surface area contributed by atoms with Crippen molar-refractivity contribution < 1.29 is 0 Å². The van der Waals surface area contributed by atoms with Gasteiger partial charge in [-0.15, -0.1) is 0 Å². The fraction of sp³-hybridized carbons (Fsp3) is 0.500. The van der Waals surface area contributed by atoms with E-state index in [1.54, 1.807) is 0 Å². The molecule has 0 amide bonds. The first kappa shape index (κ1) is 9.19. The van der Waals surface area contributed by atoms with E-state index in [0.717, 1.165) is 12.6 Å². The van der Waals surface area contributed by atoms with Crippen LogP contribution in [0.3, 0.4) is 0 Å². The predicted octanol–water partition coefficient (Wildman–Crippen LogP) is 1.04. The average molecular weight is 203 g/mol. The lowest BCUT2D eigenvalue weighted by Crippen LogP contribution is -2.22. The molecule has 1 aromatic carbocycles. The molecule has 2 fully saturated rings. The summed E-state index contributed by atoms with van der Waals surface area (Å²) in [6.07, 6.45) is 0.464. The van der Waals surface area contributed by atoms with E-state index < -0.39 is 0 Å². The van der Waals surface area contributed by atoms with Crippen LogP contribution in [0.5, 0.6) is 0 Å². The number of fused-ring (bicyclic) bond motifs is 1. The second-order valence-electron chi connectivity index (χ2n) is 4.65. The maximum Gasteiger partial charge on any atom is 0.0865 e. The maximum absolute atomic E-state index is 3.53. The van der Waals surface area contributed by atoms with Crippen molar-refractivity contribution in [3.8, 4) is 0 Å². The summed E-state index contributed by atoms with van der Waals surface area (Å²) in [5.41, 5.74) is 2.65. The smallest absolute Gasteiger partial charge is 0.0865 e. The zero-order valence-electron chi connectivity index (χ0n) is 9.27. The normalized spacial score (nSPS) is 32.5. The summed E-state index contributed by atoms with van der Waals surface area (Å²) in [4.78, 5) is 4.64. The molecule has 3 atom stereocenters. The lowest BCUT2D eigenvalue weighted by Gasteiger charge is -2.17. The van der Waals surface area contributed by atoms with E-state index in [-0.39, 0.29) is 0 Å². The van der Waals surface area contributed by atoms with Crippen molar-refractivity contribution in [3.63, 3.8) is 0 Å². The number of hydrogen-bond donors (Lipinski definition) is 1. The van der Waals surface area contributed by atoms with Gasteiger partial charge in [0.25, 0.3) is 0 Å². The largest absolute Gasteiger partial charge is 0.378 e. The fourth-order valence-electron chi connectivity index (χ4n) is 2.32. The molecule has 0 bridgehead atoms. The fourth-order valence-corrected chi connectivity index (χ4v) is 2.32. The Labute approximate surface area is 90.7 Å². The molecule has 3 rings (SSSR count). The van der Waals surface area contributed by atoms with Gasteiger partial charge in [0.1, 0.15) is 0 Å². The van der Waals surface area contributed by atoms with Crippen LogP contribution in [0.2, 0.25) is 0 Å². The van der Waals surface area contributed by atoms with Gasteiger partial charge < -0.3 is 4.90 Å². The van der Waals surface area contributed by atoms with Crippen molar-refractivity contribution in [2.45, 2.75) is 12.2 Å². The van der Waals surface area contributed by atoms with Gasteiger partial charge >= 0.3 is 0 Å². The second kappa shape index (κ2) is 3.22. The van der Waals surface area contributed by atoms with Crippen LogP contribution in [0.4, 0.5) is 5.69 Å². The van der Waals surface area contributed by atoms with Crippen LogP contribution in [0.15, 0.2) is 24.3 Å². The number of anilines is 1. The van der Waals surface area contributed by atoms with E-state index in [1.165, 1.54) is 17.8 Å². The minimum absolute atomic E-state index is 0.464. The third kappa shape index (κ3) is 1.52. The second-order valence-corrected chi connectivity index (χ2v) is 4.65. The molecule has 2 heterocycles. The monoisotopic (exact) mass is 203 g/mol. The molecule has 0 saturated carbocycles.